The van der Waals surface area contributed by atoms with E-state index in [1.54, 1.807) is 24.4 Å². The number of amides is 1. The molecule has 30 heavy (non-hydrogen) atoms. The summed E-state index contributed by atoms with van der Waals surface area (Å²) in [7, 11) is 0. The number of anilines is 2. The second-order valence-electron chi connectivity index (χ2n) is 6.75. The molecule has 8 nitrogen and oxygen atoms in total. The zero-order valence-corrected chi connectivity index (χ0v) is 16.5. The third-order valence-corrected chi connectivity index (χ3v) is 5.27. The molecule has 4 heterocycles. The molecule has 0 saturated carbocycles. The first kappa shape index (κ1) is 20.0. The van der Waals surface area contributed by atoms with E-state index >= 15 is 0 Å². The van der Waals surface area contributed by atoms with Gasteiger partial charge in [0.2, 0.25) is 0 Å². The second-order valence-corrected chi connectivity index (χ2v) is 7.16. The Hall–Kier alpha value is -3.30. The Labute approximate surface area is 176 Å². The quantitative estimate of drug-likeness (QED) is 0.590. The molecule has 2 aliphatic heterocycles. The number of hydrogen-bond acceptors (Lipinski definition) is 6. The van der Waals surface area contributed by atoms with Crippen LogP contribution in [0.25, 0.3) is 11.3 Å². The van der Waals surface area contributed by atoms with Crippen molar-refractivity contribution >= 4 is 35.7 Å². The third-order valence-electron chi connectivity index (χ3n) is 4.95. The van der Waals surface area contributed by atoms with E-state index in [1.807, 2.05) is 17.7 Å². The van der Waals surface area contributed by atoms with E-state index in [9.17, 15) is 9.18 Å². The summed E-state index contributed by atoms with van der Waals surface area (Å²) in [6, 6.07) is 6.14. The minimum atomic E-state index is -0.466. The number of benzene rings is 1. The van der Waals surface area contributed by atoms with Crippen LogP contribution in [0.5, 0.6) is 0 Å². The Morgan fingerprint density at radius 2 is 2.10 bits per heavy atom. The van der Waals surface area contributed by atoms with Crippen molar-refractivity contribution in [2.45, 2.75) is 19.1 Å². The summed E-state index contributed by atoms with van der Waals surface area (Å²) in [5.74, 6) is -0.684. The maximum atomic E-state index is 14.4. The van der Waals surface area contributed by atoms with E-state index in [1.165, 1.54) is 6.07 Å². The van der Waals surface area contributed by atoms with Crippen molar-refractivity contribution in [3.05, 3.63) is 58.8 Å². The highest BCUT2D eigenvalue weighted by molar-refractivity contribution is 6.33. The standard InChI is InChI=1S/C19H16ClFN6O.CH2O/c20-11-2-1-3-12(21)17(11)13-6-14(18-15(26-13)8-23-19(18)28)25-10-7-24-27(9-10)16-4-5-22-16;1-2/h1-3,6-7,9,16,22H,4-5,8H2,(H,23,28)(H,25,26);1H2. The first-order valence-corrected chi connectivity index (χ1v) is 9.58. The van der Waals surface area contributed by atoms with Crippen molar-refractivity contribution in [3.63, 3.8) is 0 Å². The van der Waals surface area contributed by atoms with Crippen LogP contribution in [0.15, 0.2) is 36.7 Å². The van der Waals surface area contributed by atoms with E-state index in [0.29, 0.717) is 22.6 Å². The molecule has 1 fully saturated rings. The Morgan fingerprint density at radius 1 is 1.30 bits per heavy atom. The largest absolute Gasteiger partial charge is 0.352 e. The maximum absolute atomic E-state index is 14.4. The first-order valence-electron chi connectivity index (χ1n) is 9.20. The van der Waals surface area contributed by atoms with E-state index in [2.05, 4.69) is 26.0 Å². The predicted octanol–water partition coefficient (Wildman–Crippen LogP) is 3.03. The van der Waals surface area contributed by atoms with Gasteiger partial charge < -0.3 is 15.4 Å². The third kappa shape index (κ3) is 3.53. The number of pyridine rings is 1. The molecule has 0 bridgehead atoms. The number of halogens is 2. The number of carbonyl (C=O) groups is 2. The molecule has 2 aliphatic rings. The van der Waals surface area contributed by atoms with Crippen molar-refractivity contribution in [2.75, 3.05) is 11.9 Å². The second kappa shape index (κ2) is 8.21. The summed E-state index contributed by atoms with van der Waals surface area (Å²) in [5, 5.41) is 13.9. The van der Waals surface area contributed by atoms with Gasteiger partial charge in [-0.05, 0) is 24.6 Å². The van der Waals surface area contributed by atoms with Crippen LogP contribution in [0.2, 0.25) is 5.02 Å². The van der Waals surface area contributed by atoms with Gasteiger partial charge in [-0.1, -0.05) is 17.7 Å². The number of aromatic nitrogens is 3. The lowest BCUT2D eigenvalue weighted by molar-refractivity contribution is -0.0980. The lowest BCUT2D eigenvalue weighted by Crippen LogP contribution is -2.39. The van der Waals surface area contributed by atoms with Gasteiger partial charge >= 0.3 is 0 Å². The van der Waals surface area contributed by atoms with E-state index in [-0.39, 0.29) is 29.2 Å². The molecule has 3 aromatic rings. The Balaban J connectivity index is 0.00000106. The van der Waals surface area contributed by atoms with E-state index in [4.69, 9.17) is 16.4 Å². The van der Waals surface area contributed by atoms with Crippen molar-refractivity contribution in [1.29, 1.82) is 0 Å². The molecule has 0 radical (unpaired) electrons. The molecule has 1 saturated heterocycles. The lowest BCUT2D eigenvalue weighted by Gasteiger charge is -2.27. The monoisotopic (exact) mass is 428 g/mol. The van der Waals surface area contributed by atoms with Gasteiger partial charge in [0.05, 0.1) is 57.9 Å². The Kier molecular flexibility index (Phi) is 5.47. The van der Waals surface area contributed by atoms with Gasteiger partial charge in [-0.25, -0.2) is 9.37 Å². The summed E-state index contributed by atoms with van der Waals surface area (Å²) in [6.45, 7) is 3.26. The molecule has 3 N–H and O–H groups in total. The average molecular weight is 429 g/mol. The van der Waals surface area contributed by atoms with Crippen LogP contribution in [0.1, 0.15) is 28.6 Å². The summed E-state index contributed by atoms with van der Waals surface area (Å²) in [5.41, 5.74) is 2.85. The molecule has 0 aliphatic carbocycles. The van der Waals surface area contributed by atoms with Crippen molar-refractivity contribution in [3.8, 4) is 11.3 Å². The molecule has 154 valence electrons. The number of rotatable bonds is 4. The highest BCUT2D eigenvalue weighted by atomic mass is 35.5. The smallest absolute Gasteiger partial charge is 0.255 e. The first-order chi connectivity index (χ1) is 14.6. The van der Waals surface area contributed by atoms with Crippen molar-refractivity contribution in [2.24, 2.45) is 0 Å². The number of carbonyl (C=O) groups excluding carboxylic acids is 2. The topological polar surface area (TPSA) is 101 Å². The minimum absolute atomic E-state index is 0.190. The van der Waals surface area contributed by atoms with Crippen LogP contribution in [-0.4, -0.2) is 34.0 Å². The molecule has 1 atom stereocenters. The minimum Gasteiger partial charge on any atom is -0.352 e. The van der Waals surface area contributed by atoms with Gasteiger partial charge in [0.1, 0.15) is 18.8 Å². The van der Waals surface area contributed by atoms with Crippen LogP contribution >= 0.6 is 11.6 Å². The molecule has 10 heteroatoms. The van der Waals surface area contributed by atoms with Gasteiger partial charge in [0.25, 0.3) is 5.91 Å². The lowest BCUT2D eigenvalue weighted by atomic mass is 10.1. The van der Waals surface area contributed by atoms with Crippen molar-refractivity contribution in [1.82, 2.24) is 25.4 Å². The Morgan fingerprint density at radius 3 is 2.80 bits per heavy atom. The summed E-state index contributed by atoms with van der Waals surface area (Å²) in [4.78, 5) is 24.8. The summed E-state index contributed by atoms with van der Waals surface area (Å²) >= 11 is 6.21. The predicted molar refractivity (Wildman–Crippen MR) is 110 cm³/mol. The summed E-state index contributed by atoms with van der Waals surface area (Å²) in [6.07, 6.45) is 4.76. The fraction of sp³-hybridized carbons (Fsp3) is 0.200. The highest BCUT2D eigenvalue weighted by Crippen LogP contribution is 2.35. The van der Waals surface area contributed by atoms with Crippen LogP contribution in [0.4, 0.5) is 15.8 Å². The van der Waals surface area contributed by atoms with Crippen LogP contribution in [0, 0.1) is 5.82 Å². The zero-order chi connectivity index (χ0) is 21.3. The molecule has 0 spiro atoms. The maximum Gasteiger partial charge on any atom is 0.255 e. The Bertz CT molecular complexity index is 1090. The van der Waals surface area contributed by atoms with Crippen LogP contribution in [-0.2, 0) is 11.3 Å². The van der Waals surface area contributed by atoms with Crippen molar-refractivity contribution < 1.29 is 14.0 Å². The SMILES string of the molecule is C=O.O=C1NCc2nc(-c3c(F)cccc3Cl)cc(Nc3cnn(C4CCN4)c3)c21. The number of fused-ring (bicyclic) bond motifs is 1. The fourth-order valence-corrected chi connectivity index (χ4v) is 3.69. The molecule has 1 aromatic carbocycles. The van der Waals surface area contributed by atoms with E-state index < -0.39 is 5.82 Å². The van der Waals surface area contributed by atoms with E-state index in [0.717, 1.165) is 18.7 Å². The van der Waals surface area contributed by atoms with Gasteiger partial charge in [0.15, 0.2) is 0 Å². The van der Waals surface area contributed by atoms with Gasteiger partial charge in [0, 0.05) is 6.54 Å². The highest BCUT2D eigenvalue weighted by Gasteiger charge is 2.27. The molecule has 2 aromatic heterocycles. The van der Waals surface area contributed by atoms with Gasteiger partial charge in [-0.2, -0.15) is 5.10 Å². The van der Waals surface area contributed by atoms with Crippen LogP contribution in [0.3, 0.4) is 0 Å². The molecule has 1 unspecified atom stereocenters. The number of nitrogens with zero attached hydrogens (tertiary/aromatic N) is 3. The van der Waals surface area contributed by atoms with Gasteiger partial charge in [-0.3, -0.25) is 14.8 Å². The molecule has 1 amide bonds. The number of hydrogen-bond donors (Lipinski definition) is 3. The normalized spacial score (nSPS) is 16.7. The van der Waals surface area contributed by atoms with Gasteiger partial charge in [-0.15, -0.1) is 0 Å². The molecule has 5 rings (SSSR count). The zero-order valence-electron chi connectivity index (χ0n) is 15.8. The van der Waals surface area contributed by atoms with Crippen LogP contribution < -0.4 is 16.0 Å². The average Bonchev–Trinajstić information content (AvgIpc) is 3.29. The molecular formula is C20H18ClFN6O2. The number of nitrogens with one attached hydrogen (secondary N) is 3. The fourth-order valence-electron chi connectivity index (χ4n) is 3.43. The molecular weight excluding hydrogens is 411 g/mol. The summed E-state index contributed by atoms with van der Waals surface area (Å²) < 4.78 is 16.2.